The van der Waals surface area contributed by atoms with Crippen LogP contribution in [0, 0.1) is 0 Å². The van der Waals surface area contributed by atoms with E-state index in [0.29, 0.717) is 48.9 Å². The van der Waals surface area contributed by atoms with E-state index in [1.165, 1.54) is 5.39 Å². The molecule has 2 fully saturated rings. The topological polar surface area (TPSA) is 134 Å². The molecular weight excluding hydrogens is 747 g/mol. The van der Waals surface area contributed by atoms with Crippen LogP contribution in [0.4, 0.5) is 0 Å². The van der Waals surface area contributed by atoms with Crippen molar-refractivity contribution in [1.82, 2.24) is 24.8 Å². The molecule has 1 saturated heterocycles. The highest BCUT2D eigenvalue weighted by molar-refractivity contribution is 6.23. The van der Waals surface area contributed by atoms with Gasteiger partial charge in [0, 0.05) is 78.2 Å². The lowest BCUT2D eigenvalue weighted by Gasteiger charge is -2.35. The van der Waals surface area contributed by atoms with Gasteiger partial charge < -0.3 is 28.8 Å². The number of aryl methyl sites for hydroxylation is 1. The molecule has 2 aliphatic heterocycles. The molecule has 12 nitrogen and oxygen atoms in total. The molecule has 1 aliphatic carbocycles. The number of nitrogens with zero attached hydrogens (tertiary/aromatic N) is 4. The maximum atomic E-state index is 13.1. The predicted molar refractivity (Wildman–Crippen MR) is 223 cm³/mol. The number of carbonyl (C=O) groups excluding carboxylic acids is 3. The molecule has 1 atom stereocenters. The molecule has 3 aromatic heterocycles. The number of hydrogen-bond donors (Lipinski definition) is 1. The number of fused-ring (bicyclic) bond motifs is 4. The van der Waals surface area contributed by atoms with Crippen LogP contribution in [0.15, 0.2) is 110 Å². The number of amides is 3. The molecule has 5 heterocycles. The van der Waals surface area contributed by atoms with Crippen LogP contribution in [0.5, 0.6) is 23.1 Å². The lowest BCUT2D eigenvalue weighted by molar-refractivity contribution is -0.125. The Kier molecular flexibility index (Phi) is 10.4. The van der Waals surface area contributed by atoms with E-state index in [4.69, 9.17) is 18.9 Å². The summed E-state index contributed by atoms with van der Waals surface area (Å²) in [6.45, 7) is 4.85. The Morgan fingerprint density at radius 2 is 1.47 bits per heavy atom. The van der Waals surface area contributed by atoms with E-state index in [9.17, 15) is 14.4 Å². The van der Waals surface area contributed by atoms with Crippen LogP contribution >= 0.6 is 0 Å². The average Bonchev–Trinajstić information content (AvgIpc) is 3.66. The number of hydrogen-bond acceptors (Lipinski definition) is 9. The standard InChI is InChI=1S/C47H45N5O7/c1-29-10-16-42(45(53)50-29)52-46(54)38-15-13-33(26-39(38)47(52)55)57-21-6-4-3-5-20-56-32-8-7-9-34(23-32)58-35-24-36(25-35)59-44-17-12-31(27-49-44)30-11-14-37-40-28-48-19-18-41(40)51(2)43(37)22-30/h7-9,11-15,17-19,22-23,26-28,35-36,42H,1,3-6,10,16,20-21,24-25H2,2H3,(H,50,53). The molecule has 59 heavy (non-hydrogen) atoms. The third-order valence-electron chi connectivity index (χ3n) is 11.4. The van der Waals surface area contributed by atoms with Crippen LogP contribution in [0.3, 0.4) is 0 Å². The van der Waals surface area contributed by atoms with Gasteiger partial charge >= 0.3 is 0 Å². The second-order valence-corrected chi connectivity index (χ2v) is 15.4. The summed E-state index contributed by atoms with van der Waals surface area (Å²) >= 11 is 0. The fourth-order valence-corrected chi connectivity index (χ4v) is 8.12. The predicted octanol–water partition coefficient (Wildman–Crippen LogP) is 8.18. The number of ether oxygens (including phenoxy) is 4. The summed E-state index contributed by atoms with van der Waals surface area (Å²) in [5, 5.41) is 4.99. The number of imide groups is 1. The lowest BCUT2D eigenvalue weighted by Crippen LogP contribution is -2.51. The number of allylic oxidation sites excluding steroid dienone is 1. The Morgan fingerprint density at radius 1 is 0.729 bits per heavy atom. The van der Waals surface area contributed by atoms with Gasteiger partial charge in [0.15, 0.2) is 0 Å². The fraction of sp³-hybridized carbons (Fsp3) is 0.298. The van der Waals surface area contributed by atoms with Crippen LogP contribution in [-0.4, -0.2) is 68.6 Å². The van der Waals surface area contributed by atoms with E-state index >= 15 is 0 Å². The van der Waals surface area contributed by atoms with Gasteiger partial charge in [-0.3, -0.25) is 24.3 Å². The molecule has 3 aliphatic rings. The number of unbranched alkanes of at least 4 members (excludes halogenated alkanes) is 3. The van der Waals surface area contributed by atoms with Crippen molar-refractivity contribution in [1.29, 1.82) is 0 Å². The number of benzene rings is 3. The van der Waals surface area contributed by atoms with E-state index in [2.05, 4.69) is 57.7 Å². The average molecular weight is 792 g/mol. The second kappa shape index (κ2) is 16.3. The van der Waals surface area contributed by atoms with Crippen LogP contribution in [0.1, 0.15) is 72.1 Å². The van der Waals surface area contributed by atoms with Crippen molar-refractivity contribution < 1.29 is 33.3 Å². The molecule has 9 rings (SSSR count). The first kappa shape index (κ1) is 37.9. The zero-order chi connectivity index (χ0) is 40.5. The first-order valence-corrected chi connectivity index (χ1v) is 20.3. The van der Waals surface area contributed by atoms with Gasteiger partial charge in [0.05, 0.1) is 29.9 Å². The molecule has 1 unspecified atom stereocenters. The number of carbonyl (C=O) groups is 3. The minimum absolute atomic E-state index is 0.0527. The van der Waals surface area contributed by atoms with Gasteiger partial charge in [-0.2, -0.15) is 0 Å². The van der Waals surface area contributed by atoms with E-state index in [1.54, 1.807) is 18.2 Å². The zero-order valence-corrected chi connectivity index (χ0v) is 32.9. The van der Waals surface area contributed by atoms with E-state index in [-0.39, 0.29) is 23.7 Å². The molecule has 3 amide bonds. The van der Waals surface area contributed by atoms with Gasteiger partial charge in [0.2, 0.25) is 11.8 Å². The Balaban J connectivity index is 0.664. The van der Waals surface area contributed by atoms with Crippen LogP contribution < -0.4 is 24.3 Å². The Labute approximate surface area is 341 Å². The van der Waals surface area contributed by atoms with Crippen molar-refractivity contribution >= 4 is 39.5 Å². The van der Waals surface area contributed by atoms with Gasteiger partial charge in [-0.15, -0.1) is 0 Å². The Bertz CT molecular complexity index is 2580. The maximum Gasteiger partial charge on any atom is 0.262 e. The summed E-state index contributed by atoms with van der Waals surface area (Å²) < 4.78 is 26.5. The number of rotatable bonds is 15. The monoisotopic (exact) mass is 791 g/mol. The third kappa shape index (κ3) is 7.82. The van der Waals surface area contributed by atoms with Crippen molar-refractivity contribution in [3.05, 3.63) is 121 Å². The van der Waals surface area contributed by atoms with Crippen LogP contribution in [0.25, 0.3) is 32.9 Å². The summed E-state index contributed by atoms with van der Waals surface area (Å²) in [7, 11) is 2.08. The largest absolute Gasteiger partial charge is 0.494 e. The van der Waals surface area contributed by atoms with Crippen molar-refractivity contribution in [2.24, 2.45) is 7.05 Å². The normalized spacial score (nSPS) is 18.8. The second-order valence-electron chi connectivity index (χ2n) is 15.4. The van der Waals surface area contributed by atoms with Crippen molar-refractivity contribution in [2.45, 2.75) is 69.6 Å². The van der Waals surface area contributed by atoms with Gasteiger partial charge in [-0.05, 0) is 92.6 Å². The SMILES string of the molecule is C=C1CCC(N2C(=O)c3ccc(OCCCCCCOc4cccc(OC5CC(Oc6ccc(-c7ccc8c9cnccc9n(C)c8c7)cn6)C5)c4)cc3C2=O)C(=O)N1. The zero-order valence-electron chi connectivity index (χ0n) is 32.9. The molecule has 1 saturated carbocycles. The van der Waals surface area contributed by atoms with Crippen LogP contribution in [0.2, 0.25) is 0 Å². The maximum absolute atomic E-state index is 13.1. The first-order chi connectivity index (χ1) is 28.8. The first-order valence-electron chi connectivity index (χ1n) is 20.3. The minimum atomic E-state index is -0.835. The van der Waals surface area contributed by atoms with Gasteiger partial charge in [0.1, 0.15) is 35.5 Å². The molecule has 12 heteroatoms. The molecule has 0 radical (unpaired) electrons. The third-order valence-corrected chi connectivity index (χ3v) is 11.4. The van der Waals surface area contributed by atoms with Crippen LogP contribution in [-0.2, 0) is 11.8 Å². The molecule has 3 aromatic carbocycles. The molecule has 300 valence electrons. The number of piperidine rings is 1. The van der Waals surface area contributed by atoms with E-state index < -0.39 is 17.9 Å². The van der Waals surface area contributed by atoms with Gasteiger partial charge in [-0.1, -0.05) is 24.8 Å². The lowest BCUT2D eigenvalue weighted by atomic mass is 9.92. The van der Waals surface area contributed by atoms with E-state index in [1.807, 2.05) is 55.0 Å². The summed E-state index contributed by atoms with van der Waals surface area (Å²) in [5.74, 6) is 1.38. The highest BCUT2D eigenvalue weighted by Gasteiger charge is 2.44. The van der Waals surface area contributed by atoms with Gasteiger partial charge in [0.25, 0.3) is 11.8 Å². The molecule has 1 N–H and O–H groups in total. The summed E-state index contributed by atoms with van der Waals surface area (Å²) in [5.41, 5.74) is 5.60. The van der Waals surface area contributed by atoms with E-state index in [0.717, 1.165) is 82.5 Å². The Morgan fingerprint density at radius 3 is 2.25 bits per heavy atom. The molecular formula is C47H45N5O7. The highest BCUT2D eigenvalue weighted by Crippen LogP contribution is 2.34. The summed E-state index contributed by atoms with van der Waals surface area (Å²) in [6, 6.07) is 24.3. The van der Waals surface area contributed by atoms with Gasteiger partial charge in [-0.25, -0.2) is 4.98 Å². The number of aromatic nitrogens is 3. The van der Waals surface area contributed by atoms with Crippen molar-refractivity contribution in [3.63, 3.8) is 0 Å². The molecule has 0 bridgehead atoms. The fourth-order valence-electron chi connectivity index (χ4n) is 8.12. The number of nitrogens with one attached hydrogen (secondary N) is 1. The summed E-state index contributed by atoms with van der Waals surface area (Å²) in [4.78, 5) is 48.5. The molecule has 0 spiro atoms. The molecule has 6 aromatic rings. The van der Waals surface area contributed by atoms with Crippen molar-refractivity contribution in [2.75, 3.05) is 13.2 Å². The quantitative estimate of drug-likeness (QED) is 0.0808. The smallest absolute Gasteiger partial charge is 0.262 e. The Hall–Kier alpha value is -6.69. The number of pyridine rings is 2. The summed E-state index contributed by atoms with van der Waals surface area (Å²) in [6.07, 6.45) is 11.8. The highest BCUT2D eigenvalue weighted by atomic mass is 16.5. The van der Waals surface area contributed by atoms with Crippen molar-refractivity contribution in [3.8, 4) is 34.3 Å². The minimum Gasteiger partial charge on any atom is -0.494 e.